The van der Waals surface area contributed by atoms with Gasteiger partial charge in [-0.2, -0.15) is 0 Å². The van der Waals surface area contributed by atoms with Crippen molar-refractivity contribution in [2.75, 3.05) is 0 Å². The highest BCUT2D eigenvalue weighted by atomic mass is 16.4. The van der Waals surface area contributed by atoms with Crippen molar-refractivity contribution >= 4 is 11.9 Å². The molecule has 0 aromatic heterocycles. The molecule has 0 rings (SSSR count). The van der Waals surface area contributed by atoms with Crippen LogP contribution in [0.25, 0.3) is 0 Å². The fourth-order valence-electron chi connectivity index (χ4n) is 1.71. The van der Waals surface area contributed by atoms with Crippen LogP contribution in [0.5, 0.6) is 0 Å². The summed E-state index contributed by atoms with van der Waals surface area (Å²) >= 11 is 0. The van der Waals surface area contributed by atoms with E-state index >= 15 is 0 Å². The standard InChI is InChI=1S/C12H23NO3/c1-6-7-8(2)13-10(14)9(11(15)16)12(3,4)5/h8-9H,6-7H2,1-5H3,(H,13,14)(H,15,16). The first-order valence-electron chi connectivity index (χ1n) is 5.73. The lowest BCUT2D eigenvalue weighted by Crippen LogP contribution is -2.45. The van der Waals surface area contributed by atoms with Crippen molar-refractivity contribution in [1.82, 2.24) is 5.32 Å². The van der Waals surface area contributed by atoms with Crippen LogP contribution >= 0.6 is 0 Å². The molecular weight excluding hydrogens is 206 g/mol. The van der Waals surface area contributed by atoms with Gasteiger partial charge in [-0.05, 0) is 18.8 Å². The average Bonchev–Trinajstić information content (AvgIpc) is 1.99. The summed E-state index contributed by atoms with van der Waals surface area (Å²) < 4.78 is 0. The lowest BCUT2D eigenvalue weighted by molar-refractivity contribution is -0.151. The van der Waals surface area contributed by atoms with E-state index in [1.54, 1.807) is 20.8 Å². The topological polar surface area (TPSA) is 66.4 Å². The Balaban J connectivity index is 4.59. The van der Waals surface area contributed by atoms with Gasteiger partial charge in [-0.3, -0.25) is 9.59 Å². The third-order valence-corrected chi connectivity index (χ3v) is 2.49. The Hall–Kier alpha value is -1.06. The molecule has 0 saturated heterocycles. The van der Waals surface area contributed by atoms with Gasteiger partial charge in [0.1, 0.15) is 5.92 Å². The number of hydrogen-bond acceptors (Lipinski definition) is 2. The predicted octanol–water partition coefficient (Wildman–Crippen LogP) is 2.04. The molecule has 1 amide bonds. The van der Waals surface area contributed by atoms with Crippen LogP contribution in [0, 0.1) is 11.3 Å². The third-order valence-electron chi connectivity index (χ3n) is 2.49. The molecule has 0 aliphatic heterocycles. The number of carboxylic acids is 1. The summed E-state index contributed by atoms with van der Waals surface area (Å²) in [5.74, 6) is -2.44. The van der Waals surface area contributed by atoms with Gasteiger partial charge in [-0.25, -0.2) is 0 Å². The highest BCUT2D eigenvalue weighted by Crippen LogP contribution is 2.26. The molecule has 94 valence electrons. The molecule has 0 saturated carbocycles. The van der Waals surface area contributed by atoms with Gasteiger partial charge in [-0.1, -0.05) is 34.1 Å². The summed E-state index contributed by atoms with van der Waals surface area (Å²) in [6.07, 6.45) is 1.83. The van der Waals surface area contributed by atoms with Gasteiger partial charge in [-0.15, -0.1) is 0 Å². The number of amides is 1. The quantitative estimate of drug-likeness (QED) is 0.709. The third kappa shape index (κ3) is 4.64. The van der Waals surface area contributed by atoms with Crippen LogP contribution in [-0.2, 0) is 9.59 Å². The smallest absolute Gasteiger partial charge is 0.316 e. The van der Waals surface area contributed by atoms with Gasteiger partial charge in [0.25, 0.3) is 0 Å². The van der Waals surface area contributed by atoms with Crippen LogP contribution in [0.15, 0.2) is 0 Å². The molecular formula is C12H23NO3. The second-order valence-electron chi connectivity index (χ2n) is 5.34. The van der Waals surface area contributed by atoms with E-state index in [1.165, 1.54) is 0 Å². The van der Waals surface area contributed by atoms with E-state index in [-0.39, 0.29) is 11.9 Å². The SMILES string of the molecule is CCCC(C)NC(=O)C(C(=O)O)C(C)(C)C. The molecule has 0 aliphatic rings. The molecule has 0 aromatic rings. The summed E-state index contributed by atoms with van der Waals surface area (Å²) in [4.78, 5) is 22.9. The zero-order valence-electron chi connectivity index (χ0n) is 10.8. The summed E-state index contributed by atoms with van der Waals surface area (Å²) in [5.41, 5.74) is -0.568. The first-order chi connectivity index (χ1) is 7.20. The second-order valence-corrected chi connectivity index (χ2v) is 5.34. The Morgan fingerprint density at radius 2 is 1.81 bits per heavy atom. The average molecular weight is 229 g/mol. The molecule has 4 heteroatoms. The van der Waals surface area contributed by atoms with Crippen molar-refractivity contribution in [3.8, 4) is 0 Å². The van der Waals surface area contributed by atoms with E-state index in [0.29, 0.717) is 0 Å². The molecule has 2 unspecified atom stereocenters. The minimum atomic E-state index is -1.06. The molecule has 0 spiro atoms. The Morgan fingerprint density at radius 1 is 1.31 bits per heavy atom. The Kier molecular flexibility index (Phi) is 5.48. The summed E-state index contributed by atoms with van der Waals surface area (Å²) in [5, 5.41) is 11.8. The van der Waals surface area contributed by atoms with E-state index in [4.69, 9.17) is 5.11 Å². The molecule has 0 radical (unpaired) electrons. The van der Waals surface area contributed by atoms with Crippen molar-refractivity contribution in [2.45, 2.75) is 53.5 Å². The van der Waals surface area contributed by atoms with Crippen molar-refractivity contribution in [2.24, 2.45) is 11.3 Å². The van der Waals surface area contributed by atoms with Gasteiger partial charge in [0.2, 0.25) is 5.91 Å². The second kappa shape index (κ2) is 5.87. The largest absolute Gasteiger partial charge is 0.481 e. The molecule has 0 bridgehead atoms. The Bertz CT molecular complexity index is 255. The van der Waals surface area contributed by atoms with Gasteiger partial charge in [0, 0.05) is 6.04 Å². The minimum Gasteiger partial charge on any atom is -0.481 e. The molecule has 0 heterocycles. The highest BCUT2D eigenvalue weighted by Gasteiger charge is 2.37. The molecule has 0 aromatic carbocycles. The number of aliphatic carboxylic acids is 1. The Morgan fingerprint density at radius 3 is 2.12 bits per heavy atom. The fraction of sp³-hybridized carbons (Fsp3) is 0.833. The van der Waals surface area contributed by atoms with Crippen molar-refractivity contribution in [3.63, 3.8) is 0 Å². The molecule has 2 N–H and O–H groups in total. The lowest BCUT2D eigenvalue weighted by Gasteiger charge is -2.27. The number of rotatable bonds is 5. The number of nitrogens with one attached hydrogen (secondary N) is 1. The normalized spacial score (nSPS) is 15.3. The van der Waals surface area contributed by atoms with E-state index in [1.807, 2.05) is 13.8 Å². The summed E-state index contributed by atoms with van der Waals surface area (Å²) in [6, 6.07) is 0.0294. The lowest BCUT2D eigenvalue weighted by atomic mass is 9.80. The van der Waals surface area contributed by atoms with Crippen LogP contribution < -0.4 is 5.32 Å². The van der Waals surface area contributed by atoms with E-state index in [9.17, 15) is 9.59 Å². The zero-order valence-corrected chi connectivity index (χ0v) is 10.8. The van der Waals surface area contributed by atoms with Crippen LogP contribution in [-0.4, -0.2) is 23.0 Å². The van der Waals surface area contributed by atoms with E-state index < -0.39 is 17.3 Å². The van der Waals surface area contributed by atoms with Gasteiger partial charge >= 0.3 is 5.97 Å². The number of hydrogen-bond donors (Lipinski definition) is 2. The summed E-state index contributed by atoms with van der Waals surface area (Å²) in [6.45, 7) is 9.20. The maximum absolute atomic E-state index is 11.8. The molecule has 0 fully saturated rings. The number of carbonyl (C=O) groups is 2. The predicted molar refractivity (Wildman–Crippen MR) is 63.1 cm³/mol. The van der Waals surface area contributed by atoms with E-state index in [2.05, 4.69) is 5.32 Å². The first-order valence-corrected chi connectivity index (χ1v) is 5.73. The van der Waals surface area contributed by atoms with Gasteiger partial charge in [0.15, 0.2) is 0 Å². The molecule has 16 heavy (non-hydrogen) atoms. The van der Waals surface area contributed by atoms with Crippen LogP contribution in [0.2, 0.25) is 0 Å². The highest BCUT2D eigenvalue weighted by molar-refractivity contribution is 5.97. The van der Waals surface area contributed by atoms with Crippen LogP contribution in [0.1, 0.15) is 47.5 Å². The minimum absolute atomic E-state index is 0.0294. The van der Waals surface area contributed by atoms with E-state index in [0.717, 1.165) is 12.8 Å². The van der Waals surface area contributed by atoms with Crippen LogP contribution in [0.4, 0.5) is 0 Å². The monoisotopic (exact) mass is 229 g/mol. The first kappa shape index (κ1) is 14.9. The summed E-state index contributed by atoms with van der Waals surface area (Å²) in [7, 11) is 0. The van der Waals surface area contributed by atoms with Gasteiger partial charge < -0.3 is 10.4 Å². The maximum atomic E-state index is 11.8. The molecule has 4 nitrogen and oxygen atoms in total. The zero-order chi connectivity index (χ0) is 12.9. The number of carboxylic acid groups (broad SMARTS) is 1. The van der Waals surface area contributed by atoms with Crippen molar-refractivity contribution in [3.05, 3.63) is 0 Å². The van der Waals surface area contributed by atoms with Crippen molar-refractivity contribution < 1.29 is 14.7 Å². The van der Waals surface area contributed by atoms with Crippen molar-refractivity contribution in [1.29, 1.82) is 0 Å². The van der Waals surface area contributed by atoms with Gasteiger partial charge in [0.05, 0.1) is 0 Å². The fourth-order valence-corrected chi connectivity index (χ4v) is 1.71. The number of carbonyl (C=O) groups excluding carboxylic acids is 1. The van der Waals surface area contributed by atoms with Crippen LogP contribution in [0.3, 0.4) is 0 Å². The molecule has 2 atom stereocenters. The molecule has 0 aliphatic carbocycles. The Labute approximate surface area is 97.4 Å². The maximum Gasteiger partial charge on any atom is 0.316 e.